The first-order valence-corrected chi connectivity index (χ1v) is 5.34. The fraction of sp³-hybridized carbons (Fsp3) is 0.900. The lowest BCUT2D eigenvalue weighted by Crippen LogP contribution is -2.35. The molecule has 0 aromatic heterocycles. The predicted molar refractivity (Wildman–Crippen MR) is 56.9 cm³/mol. The van der Waals surface area contributed by atoms with Crippen LogP contribution in [0.5, 0.6) is 0 Å². The van der Waals surface area contributed by atoms with Gasteiger partial charge in [0.1, 0.15) is 0 Å². The van der Waals surface area contributed by atoms with Gasteiger partial charge < -0.3 is 5.32 Å². The van der Waals surface area contributed by atoms with Crippen LogP contribution in [0, 0.1) is 11.8 Å². The van der Waals surface area contributed by atoms with E-state index in [1.54, 1.807) is 0 Å². The molecule has 2 unspecified atom stereocenters. The maximum absolute atomic E-state index is 11.4. The average Bonchev–Trinajstić information content (AvgIpc) is 2.11. The minimum atomic E-state index is 0.0586. The van der Waals surface area contributed by atoms with E-state index in [1.807, 2.05) is 27.7 Å². The standard InChI is InChI=1S/C10H20ClNO/c1-5-9(11)6-12-10(13)8(4)7(2)3/h7-9H,5-6H2,1-4H3,(H,12,13). The Morgan fingerprint density at radius 1 is 1.38 bits per heavy atom. The van der Waals surface area contributed by atoms with Crippen LogP contribution in [0.1, 0.15) is 34.1 Å². The van der Waals surface area contributed by atoms with Gasteiger partial charge in [-0.25, -0.2) is 0 Å². The second-order valence-corrected chi connectivity index (χ2v) is 4.40. The minimum absolute atomic E-state index is 0.0586. The van der Waals surface area contributed by atoms with Crippen molar-refractivity contribution in [2.45, 2.75) is 39.5 Å². The molecule has 2 atom stereocenters. The molecule has 0 fully saturated rings. The Bertz CT molecular complexity index is 159. The zero-order valence-corrected chi connectivity index (χ0v) is 9.69. The fourth-order valence-corrected chi connectivity index (χ4v) is 0.897. The number of carbonyl (C=O) groups is 1. The van der Waals surface area contributed by atoms with E-state index < -0.39 is 0 Å². The zero-order valence-electron chi connectivity index (χ0n) is 8.93. The molecule has 0 heterocycles. The summed E-state index contributed by atoms with van der Waals surface area (Å²) in [4.78, 5) is 11.4. The zero-order chi connectivity index (χ0) is 10.4. The van der Waals surface area contributed by atoms with Crippen LogP contribution < -0.4 is 5.32 Å². The molecule has 13 heavy (non-hydrogen) atoms. The summed E-state index contributed by atoms with van der Waals surface area (Å²) in [5.74, 6) is 0.560. The molecule has 0 radical (unpaired) electrons. The Morgan fingerprint density at radius 3 is 2.31 bits per heavy atom. The molecule has 3 heteroatoms. The Kier molecular flexibility index (Phi) is 6.13. The highest BCUT2D eigenvalue weighted by atomic mass is 35.5. The van der Waals surface area contributed by atoms with Gasteiger partial charge >= 0.3 is 0 Å². The van der Waals surface area contributed by atoms with E-state index in [1.165, 1.54) is 0 Å². The van der Waals surface area contributed by atoms with Gasteiger partial charge in [0.15, 0.2) is 0 Å². The third kappa shape index (κ3) is 5.14. The van der Waals surface area contributed by atoms with Crippen molar-refractivity contribution in [1.82, 2.24) is 5.32 Å². The van der Waals surface area contributed by atoms with E-state index in [0.717, 1.165) is 6.42 Å². The maximum Gasteiger partial charge on any atom is 0.223 e. The van der Waals surface area contributed by atoms with Gasteiger partial charge in [0.05, 0.1) is 5.38 Å². The minimum Gasteiger partial charge on any atom is -0.354 e. The molecule has 1 N–H and O–H groups in total. The summed E-state index contributed by atoms with van der Waals surface area (Å²) in [6.45, 7) is 8.61. The molecular formula is C10H20ClNO. The fourth-order valence-electron chi connectivity index (χ4n) is 0.819. The van der Waals surface area contributed by atoms with Crippen LogP contribution in [0.3, 0.4) is 0 Å². The average molecular weight is 206 g/mol. The summed E-state index contributed by atoms with van der Waals surface area (Å²) >= 11 is 5.88. The summed E-state index contributed by atoms with van der Waals surface area (Å²) < 4.78 is 0. The number of halogens is 1. The van der Waals surface area contributed by atoms with E-state index in [9.17, 15) is 4.79 Å². The van der Waals surface area contributed by atoms with Crippen molar-refractivity contribution in [3.05, 3.63) is 0 Å². The van der Waals surface area contributed by atoms with Crippen LogP contribution >= 0.6 is 11.6 Å². The van der Waals surface area contributed by atoms with Gasteiger partial charge in [-0.1, -0.05) is 27.7 Å². The highest BCUT2D eigenvalue weighted by molar-refractivity contribution is 6.20. The van der Waals surface area contributed by atoms with Crippen LogP contribution in [-0.2, 0) is 4.79 Å². The van der Waals surface area contributed by atoms with Crippen LogP contribution in [-0.4, -0.2) is 17.8 Å². The van der Waals surface area contributed by atoms with E-state index in [2.05, 4.69) is 5.32 Å². The molecule has 0 spiro atoms. The number of alkyl halides is 1. The predicted octanol–water partition coefficient (Wildman–Crippen LogP) is 2.41. The van der Waals surface area contributed by atoms with Crippen molar-refractivity contribution in [2.24, 2.45) is 11.8 Å². The molecule has 0 aliphatic carbocycles. The summed E-state index contributed by atoms with van der Waals surface area (Å²) in [7, 11) is 0. The van der Waals surface area contributed by atoms with Gasteiger partial charge in [0, 0.05) is 12.5 Å². The van der Waals surface area contributed by atoms with Crippen LogP contribution in [0.2, 0.25) is 0 Å². The normalized spacial score (nSPS) is 15.5. The summed E-state index contributed by atoms with van der Waals surface area (Å²) in [5, 5.41) is 2.90. The highest BCUT2D eigenvalue weighted by Crippen LogP contribution is 2.09. The van der Waals surface area contributed by atoms with Crippen molar-refractivity contribution >= 4 is 17.5 Å². The molecule has 0 aliphatic heterocycles. The second kappa shape index (κ2) is 6.25. The lowest BCUT2D eigenvalue weighted by molar-refractivity contribution is -0.125. The van der Waals surface area contributed by atoms with Crippen molar-refractivity contribution in [1.29, 1.82) is 0 Å². The number of rotatable bonds is 5. The largest absolute Gasteiger partial charge is 0.354 e. The topological polar surface area (TPSA) is 29.1 Å². The first kappa shape index (κ1) is 12.8. The Hall–Kier alpha value is -0.240. The summed E-state index contributed by atoms with van der Waals surface area (Å²) in [6, 6.07) is 0. The molecule has 0 rings (SSSR count). The first-order chi connectivity index (χ1) is 5.99. The number of carbonyl (C=O) groups excluding carboxylic acids is 1. The van der Waals surface area contributed by atoms with Gasteiger partial charge in [-0.15, -0.1) is 11.6 Å². The number of nitrogens with one attached hydrogen (secondary N) is 1. The summed E-state index contributed by atoms with van der Waals surface area (Å²) in [5.41, 5.74) is 0. The Morgan fingerprint density at radius 2 is 1.92 bits per heavy atom. The molecule has 0 aliphatic rings. The molecular weight excluding hydrogens is 186 g/mol. The molecule has 78 valence electrons. The van der Waals surface area contributed by atoms with Crippen molar-refractivity contribution in [2.75, 3.05) is 6.54 Å². The molecule has 0 saturated heterocycles. The van der Waals surface area contributed by atoms with Crippen LogP contribution in [0.15, 0.2) is 0 Å². The number of amides is 1. The molecule has 2 nitrogen and oxygen atoms in total. The van der Waals surface area contributed by atoms with Crippen molar-refractivity contribution < 1.29 is 4.79 Å². The molecule has 0 saturated carbocycles. The van der Waals surface area contributed by atoms with Gasteiger partial charge in [-0.05, 0) is 12.3 Å². The summed E-state index contributed by atoms with van der Waals surface area (Å²) in [6.07, 6.45) is 0.887. The van der Waals surface area contributed by atoms with Crippen LogP contribution in [0.25, 0.3) is 0 Å². The van der Waals surface area contributed by atoms with E-state index in [-0.39, 0.29) is 17.2 Å². The SMILES string of the molecule is CCC(Cl)CNC(=O)C(C)C(C)C. The van der Waals surface area contributed by atoms with E-state index in [0.29, 0.717) is 12.5 Å². The van der Waals surface area contributed by atoms with E-state index in [4.69, 9.17) is 11.6 Å². The van der Waals surface area contributed by atoms with Crippen molar-refractivity contribution in [3.8, 4) is 0 Å². The lowest BCUT2D eigenvalue weighted by atomic mass is 9.97. The second-order valence-electron chi connectivity index (χ2n) is 3.78. The van der Waals surface area contributed by atoms with E-state index >= 15 is 0 Å². The third-order valence-electron chi connectivity index (χ3n) is 2.35. The Labute approximate surface area is 86.0 Å². The maximum atomic E-state index is 11.4. The monoisotopic (exact) mass is 205 g/mol. The van der Waals surface area contributed by atoms with Crippen LogP contribution in [0.4, 0.5) is 0 Å². The number of hydrogen-bond donors (Lipinski definition) is 1. The number of hydrogen-bond acceptors (Lipinski definition) is 1. The molecule has 0 aromatic carbocycles. The van der Waals surface area contributed by atoms with Crippen molar-refractivity contribution in [3.63, 3.8) is 0 Å². The first-order valence-electron chi connectivity index (χ1n) is 4.90. The molecule has 0 bridgehead atoms. The Balaban J connectivity index is 3.74. The quantitative estimate of drug-likeness (QED) is 0.687. The molecule has 0 aromatic rings. The van der Waals surface area contributed by atoms with Gasteiger partial charge in [0.2, 0.25) is 5.91 Å². The molecule has 1 amide bonds. The smallest absolute Gasteiger partial charge is 0.223 e. The van der Waals surface area contributed by atoms with Gasteiger partial charge in [-0.3, -0.25) is 4.79 Å². The van der Waals surface area contributed by atoms with Gasteiger partial charge in [-0.2, -0.15) is 0 Å². The third-order valence-corrected chi connectivity index (χ3v) is 2.82. The highest BCUT2D eigenvalue weighted by Gasteiger charge is 2.16. The lowest BCUT2D eigenvalue weighted by Gasteiger charge is -2.16. The van der Waals surface area contributed by atoms with Gasteiger partial charge in [0.25, 0.3) is 0 Å².